The van der Waals surface area contributed by atoms with E-state index < -0.39 is 5.97 Å². The molecule has 7 heteroatoms. The van der Waals surface area contributed by atoms with E-state index in [4.69, 9.17) is 23.8 Å². The molecular weight excluding hydrogens is 364 g/mol. The summed E-state index contributed by atoms with van der Waals surface area (Å²) in [5.41, 5.74) is 1.70. The Labute approximate surface area is 134 Å². The molecule has 0 aliphatic rings. The van der Waals surface area contributed by atoms with Crippen molar-refractivity contribution in [1.82, 2.24) is 9.97 Å². The Balaban J connectivity index is 2.57. The van der Waals surface area contributed by atoms with Gasteiger partial charge in [0.25, 0.3) is 0 Å². The topological polar surface area (TPSA) is 55.0 Å². The maximum Gasteiger partial charge on any atom is 0.342 e. The van der Waals surface area contributed by atoms with E-state index in [-0.39, 0.29) is 10.2 Å². The Morgan fingerprint density at radius 2 is 2.20 bits per heavy atom. The Bertz CT molecular complexity index is 746. The molecule has 1 aromatic carbocycles. The number of benzene rings is 1. The predicted molar refractivity (Wildman–Crippen MR) is 83.6 cm³/mol. The summed E-state index contributed by atoms with van der Waals surface area (Å²) in [6.07, 6.45) is 0. The minimum atomic E-state index is -0.500. The average Bonchev–Trinajstić information content (AvgIpc) is 2.40. The summed E-state index contributed by atoms with van der Waals surface area (Å²) >= 11 is 14.5. The molecular formula is C13H10BrClN2O2S. The van der Waals surface area contributed by atoms with Gasteiger partial charge in [0.15, 0.2) is 0 Å². The number of halogens is 2. The van der Waals surface area contributed by atoms with E-state index in [9.17, 15) is 4.79 Å². The third-order valence-corrected chi connectivity index (χ3v) is 4.20. The van der Waals surface area contributed by atoms with Gasteiger partial charge in [0.1, 0.15) is 16.0 Å². The molecule has 0 bridgehead atoms. The number of ether oxygens (including phenoxy) is 1. The van der Waals surface area contributed by atoms with Gasteiger partial charge in [-0.1, -0.05) is 23.8 Å². The number of carbonyl (C=O) groups is 1. The summed E-state index contributed by atoms with van der Waals surface area (Å²) in [7, 11) is 1.31. The standard InChI is InChI=1S/C13H10BrClN2O2S/c1-6-10(13(18)19-2)12(20)17-11(16-6)7-3-4-9(15)8(14)5-7/h3-5H,1-2H3,(H,16,17,20). The molecule has 2 aromatic rings. The zero-order chi connectivity index (χ0) is 14.9. The van der Waals surface area contributed by atoms with Crippen LogP contribution in [-0.4, -0.2) is 23.0 Å². The number of hydrogen-bond donors (Lipinski definition) is 1. The number of nitrogens with zero attached hydrogens (tertiary/aromatic N) is 1. The number of aromatic amines is 1. The first-order chi connectivity index (χ1) is 9.43. The van der Waals surface area contributed by atoms with E-state index in [0.29, 0.717) is 16.5 Å². The fraction of sp³-hybridized carbons (Fsp3) is 0.154. The normalized spacial score (nSPS) is 10.4. The first kappa shape index (κ1) is 15.2. The van der Waals surface area contributed by atoms with Gasteiger partial charge < -0.3 is 9.72 Å². The number of aromatic nitrogens is 2. The number of esters is 1. The van der Waals surface area contributed by atoms with Crippen LogP contribution in [0.3, 0.4) is 0 Å². The molecule has 0 saturated carbocycles. The summed E-state index contributed by atoms with van der Waals surface area (Å²) in [5.74, 6) is 0.0672. The van der Waals surface area contributed by atoms with Crippen molar-refractivity contribution in [3.05, 3.63) is 43.6 Å². The number of rotatable bonds is 2. The molecule has 0 radical (unpaired) electrons. The van der Waals surface area contributed by atoms with Crippen molar-refractivity contribution >= 4 is 45.7 Å². The molecule has 1 aromatic heterocycles. The Kier molecular flexibility index (Phi) is 4.57. The van der Waals surface area contributed by atoms with Crippen LogP contribution >= 0.6 is 39.7 Å². The Morgan fingerprint density at radius 1 is 1.50 bits per heavy atom. The van der Waals surface area contributed by atoms with Gasteiger partial charge >= 0.3 is 5.97 Å². The van der Waals surface area contributed by atoms with Gasteiger partial charge in [0, 0.05) is 15.7 Å². The molecule has 1 N–H and O–H groups in total. The lowest BCUT2D eigenvalue weighted by molar-refractivity contribution is 0.0598. The third kappa shape index (κ3) is 2.92. The van der Waals surface area contributed by atoms with Gasteiger partial charge in [0.05, 0.1) is 12.1 Å². The minimum Gasteiger partial charge on any atom is -0.465 e. The summed E-state index contributed by atoms with van der Waals surface area (Å²) in [4.78, 5) is 18.9. The molecule has 0 aliphatic carbocycles. The first-order valence-corrected chi connectivity index (χ1v) is 7.16. The van der Waals surface area contributed by atoms with Gasteiger partial charge in [-0.15, -0.1) is 0 Å². The number of nitrogens with one attached hydrogen (secondary N) is 1. The van der Waals surface area contributed by atoms with E-state index >= 15 is 0 Å². The van der Waals surface area contributed by atoms with Crippen molar-refractivity contribution in [3.8, 4) is 11.4 Å². The number of hydrogen-bond acceptors (Lipinski definition) is 4. The summed E-state index contributed by atoms with van der Waals surface area (Å²) in [6.45, 7) is 1.75. The number of methoxy groups -OCH3 is 1. The van der Waals surface area contributed by atoms with Crippen molar-refractivity contribution in [1.29, 1.82) is 0 Å². The van der Waals surface area contributed by atoms with E-state index in [1.165, 1.54) is 7.11 Å². The molecule has 104 valence electrons. The van der Waals surface area contributed by atoms with Crippen molar-refractivity contribution in [2.75, 3.05) is 7.11 Å². The van der Waals surface area contributed by atoms with E-state index in [1.807, 2.05) is 12.1 Å². The fourth-order valence-electron chi connectivity index (χ4n) is 1.71. The molecule has 0 fully saturated rings. The monoisotopic (exact) mass is 372 g/mol. The quantitative estimate of drug-likeness (QED) is 0.629. The SMILES string of the molecule is COC(=O)c1c(C)[nH]c(-c2ccc(Cl)c(Br)c2)nc1=S. The Hall–Kier alpha value is -1.24. The van der Waals surface area contributed by atoms with Gasteiger partial charge in [-0.25, -0.2) is 9.78 Å². The van der Waals surface area contributed by atoms with Crippen LogP contribution in [-0.2, 0) is 4.74 Å². The second-order valence-electron chi connectivity index (χ2n) is 4.01. The van der Waals surface area contributed by atoms with Crippen LogP contribution in [0.2, 0.25) is 5.02 Å². The molecule has 2 rings (SSSR count). The molecule has 4 nitrogen and oxygen atoms in total. The van der Waals surface area contributed by atoms with E-state index in [0.717, 1.165) is 10.0 Å². The highest BCUT2D eigenvalue weighted by Crippen LogP contribution is 2.27. The third-order valence-electron chi connectivity index (χ3n) is 2.69. The van der Waals surface area contributed by atoms with Crippen LogP contribution in [0.15, 0.2) is 22.7 Å². The van der Waals surface area contributed by atoms with Crippen LogP contribution in [0.1, 0.15) is 16.1 Å². The first-order valence-electron chi connectivity index (χ1n) is 5.58. The van der Waals surface area contributed by atoms with Gasteiger partial charge in [-0.05, 0) is 41.1 Å². The highest BCUT2D eigenvalue weighted by Gasteiger charge is 2.15. The number of carbonyl (C=O) groups excluding carboxylic acids is 1. The molecule has 0 saturated heterocycles. The zero-order valence-electron chi connectivity index (χ0n) is 10.7. The maximum absolute atomic E-state index is 11.6. The van der Waals surface area contributed by atoms with Crippen LogP contribution in [0.5, 0.6) is 0 Å². The van der Waals surface area contributed by atoms with E-state index in [1.54, 1.807) is 13.0 Å². The number of H-pyrrole nitrogens is 1. The average molecular weight is 374 g/mol. The molecule has 20 heavy (non-hydrogen) atoms. The van der Waals surface area contributed by atoms with Crippen LogP contribution in [0.25, 0.3) is 11.4 Å². The fourth-order valence-corrected chi connectivity index (χ4v) is 2.53. The molecule has 1 heterocycles. The zero-order valence-corrected chi connectivity index (χ0v) is 13.8. The largest absolute Gasteiger partial charge is 0.465 e. The summed E-state index contributed by atoms with van der Waals surface area (Å²) < 4.78 is 5.65. The van der Waals surface area contributed by atoms with Crippen LogP contribution in [0.4, 0.5) is 0 Å². The lowest BCUT2D eigenvalue weighted by Crippen LogP contribution is -2.08. The second-order valence-corrected chi connectivity index (χ2v) is 5.66. The molecule has 0 aliphatic heterocycles. The van der Waals surface area contributed by atoms with Gasteiger partial charge in [0.2, 0.25) is 0 Å². The summed E-state index contributed by atoms with van der Waals surface area (Å²) in [5, 5.41) is 0.607. The molecule has 0 spiro atoms. The van der Waals surface area contributed by atoms with Crippen LogP contribution < -0.4 is 0 Å². The predicted octanol–water partition coefficient (Wildman–Crippen LogP) is 4.32. The smallest absolute Gasteiger partial charge is 0.342 e. The van der Waals surface area contributed by atoms with Crippen molar-refractivity contribution in [2.24, 2.45) is 0 Å². The minimum absolute atomic E-state index is 0.203. The van der Waals surface area contributed by atoms with Crippen molar-refractivity contribution in [2.45, 2.75) is 6.92 Å². The number of aryl methyl sites for hydroxylation is 1. The van der Waals surface area contributed by atoms with Crippen molar-refractivity contribution < 1.29 is 9.53 Å². The second kappa shape index (κ2) is 6.03. The summed E-state index contributed by atoms with van der Waals surface area (Å²) in [6, 6.07) is 5.40. The lowest BCUT2D eigenvalue weighted by atomic mass is 10.2. The Morgan fingerprint density at radius 3 is 2.75 bits per heavy atom. The molecule has 0 amide bonds. The highest BCUT2D eigenvalue weighted by molar-refractivity contribution is 9.10. The van der Waals surface area contributed by atoms with Crippen LogP contribution in [0, 0.1) is 11.6 Å². The van der Waals surface area contributed by atoms with Gasteiger partial charge in [-0.2, -0.15) is 0 Å². The van der Waals surface area contributed by atoms with Gasteiger partial charge in [-0.3, -0.25) is 0 Å². The lowest BCUT2D eigenvalue weighted by Gasteiger charge is -2.08. The molecule has 0 atom stereocenters. The highest BCUT2D eigenvalue weighted by atomic mass is 79.9. The van der Waals surface area contributed by atoms with Crippen molar-refractivity contribution in [3.63, 3.8) is 0 Å². The molecule has 0 unspecified atom stereocenters. The maximum atomic E-state index is 11.6. The van der Waals surface area contributed by atoms with E-state index in [2.05, 4.69) is 30.6 Å².